The van der Waals surface area contributed by atoms with Crippen molar-refractivity contribution in [3.63, 3.8) is 0 Å². The van der Waals surface area contributed by atoms with Gasteiger partial charge in [-0.05, 0) is 44.5 Å². The van der Waals surface area contributed by atoms with Crippen LogP contribution in [-0.4, -0.2) is 42.8 Å². The molecule has 8 rings (SSSR count). The van der Waals surface area contributed by atoms with Gasteiger partial charge in [-0.1, -0.05) is 243 Å². The zero-order valence-corrected chi connectivity index (χ0v) is 47.0. The highest BCUT2D eigenvalue weighted by atomic mass is 31.2. The predicted octanol–water partition coefficient (Wildman–Crippen LogP) is 13.5. The van der Waals surface area contributed by atoms with E-state index in [1.54, 1.807) is 243 Å². The van der Waals surface area contributed by atoms with Gasteiger partial charge in [0.2, 0.25) is 10.7 Å². The normalized spacial score (nSPS) is 14.6. The number of hydrogen-bond donors (Lipinski definition) is 4. The third kappa shape index (κ3) is 14.8. The summed E-state index contributed by atoms with van der Waals surface area (Å²) in [6.07, 6.45) is 0. The van der Waals surface area contributed by atoms with Crippen LogP contribution in [0.15, 0.2) is 243 Å². The molecule has 0 heterocycles. The Hall–Kier alpha value is -5.80. The van der Waals surface area contributed by atoms with E-state index in [1.807, 2.05) is 0 Å². The van der Waals surface area contributed by atoms with Crippen molar-refractivity contribution in [2.75, 3.05) is 0 Å². The number of benzene rings is 8. The van der Waals surface area contributed by atoms with E-state index in [9.17, 15) is 20.4 Å². The second kappa shape index (κ2) is 28.3. The van der Waals surface area contributed by atoms with Crippen LogP contribution in [0.4, 0.5) is 0 Å². The topological polar surface area (TPSA) is 223 Å². The maximum absolute atomic E-state index is 17.1. The van der Waals surface area contributed by atoms with Crippen molar-refractivity contribution >= 4 is 30.4 Å². The van der Waals surface area contributed by atoms with Gasteiger partial charge in [0, 0.05) is 0 Å². The van der Waals surface area contributed by atoms with Crippen LogP contribution in [0, 0.1) is 0 Å². The van der Waals surface area contributed by atoms with Crippen molar-refractivity contribution in [3.8, 4) is 0 Å². The maximum Gasteiger partial charge on any atom is 0.369 e. The molecule has 4 atom stereocenters. The molecule has 0 aliphatic rings. The average Bonchev–Trinajstić information content (AvgIpc) is 3.70. The molecule has 0 saturated heterocycles. The summed E-state index contributed by atoms with van der Waals surface area (Å²) >= 11 is 0. The smallest absolute Gasteiger partial charge is 0.369 e. The monoisotopic (exact) mass is 1160 g/mol. The van der Waals surface area contributed by atoms with Crippen LogP contribution in [0.2, 0.25) is 0 Å². The van der Waals surface area contributed by atoms with Gasteiger partial charge in [-0.2, -0.15) is 0 Å². The molecule has 20 heteroatoms. The molecule has 4 N–H and O–H groups in total. The number of hydrogen-bond acceptors (Lipinski definition) is 16. The quantitative estimate of drug-likeness (QED) is 0.0297. The summed E-state index contributed by atoms with van der Waals surface area (Å²) in [6.45, 7) is -5.69. The first kappa shape index (κ1) is 60.3. The fraction of sp³-hybridized carbons (Fsp3) is 0.200. The van der Waals surface area contributed by atoms with Gasteiger partial charge in [-0.3, -0.25) is 18.3 Å². The standard InChI is InChI=1S/C60H62O16P4/c61-57(77(65,69-41-49-25-9-1-10-26-49)70-42-50-27-11-2-12-28-50)59(63,79(67,73-45-53-33-17-5-18-34-53)74-46-54-35-19-6-20-36-54)60(64,80(68,75-47-55-37-21-7-22-38-55)76-48-56-39-23-8-24-40-56)58(62)78(66,71-43-51-29-13-3-14-30-51)72-44-52-31-15-4-16-32-52/h1-40,57-58,61-64H,41-48H2/t57-,58+,59-,60+. The molecular weight excluding hydrogens is 1100 g/mol. The molecule has 0 aliphatic heterocycles. The summed E-state index contributed by atoms with van der Waals surface area (Å²) in [7, 11) is -24.2. The maximum atomic E-state index is 17.1. The van der Waals surface area contributed by atoms with Crippen LogP contribution < -0.4 is 0 Å². The lowest BCUT2D eigenvalue weighted by Crippen LogP contribution is -2.66. The molecule has 80 heavy (non-hydrogen) atoms. The lowest BCUT2D eigenvalue weighted by atomic mass is 10.2. The van der Waals surface area contributed by atoms with Gasteiger partial charge in [0.1, 0.15) is 0 Å². The summed E-state index contributed by atoms with van der Waals surface area (Å²) in [5, 5.41) is 47.1. The molecule has 0 bridgehead atoms. The molecule has 0 saturated carbocycles. The van der Waals surface area contributed by atoms with Gasteiger partial charge in [0.25, 0.3) is 0 Å². The molecule has 0 unspecified atom stereocenters. The van der Waals surface area contributed by atoms with Crippen molar-refractivity contribution < 1.29 is 74.9 Å². The highest BCUT2D eigenvalue weighted by molar-refractivity contribution is 7.64. The molecule has 0 spiro atoms. The number of aliphatic hydroxyl groups is 4. The van der Waals surface area contributed by atoms with E-state index < -0.39 is 106 Å². The molecule has 16 nitrogen and oxygen atoms in total. The van der Waals surface area contributed by atoms with Gasteiger partial charge in [0.05, 0.1) is 52.9 Å². The van der Waals surface area contributed by atoms with Gasteiger partial charge in [-0.15, -0.1) is 0 Å². The lowest BCUT2D eigenvalue weighted by Gasteiger charge is -2.51. The zero-order chi connectivity index (χ0) is 56.4. The Morgan fingerprint density at radius 1 is 0.263 bits per heavy atom. The summed E-state index contributed by atoms with van der Waals surface area (Å²) in [6, 6.07) is 64.7. The molecule has 0 aliphatic carbocycles. The summed E-state index contributed by atoms with van der Waals surface area (Å²) < 4.78 is 116. The van der Waals surface area contributed by atoms with E-state index in [0.717, 1.165) is 0 Å². The highest BCUT2D eigenvalue weighted by Crippen LogP contribution is 2.82. The zero-order valence-electron chi connectivity index (χ0n) is 43.4. The molecule has 8 aromatic carbocycles. The first-order valence-electron chi connectivity index (χ1n) is 25.4. The average molecular weight is 1160 g/mol. The molecular formula is C60H62O16P4. The van der Waals surface area contributed by atoms with E-state index >= 15 is 18.3 Å². The highest BCUT2D eigenvalue weighted by Gasteiger charge is 2.83. The summed E-state index contributed by atoms with van der Waals surface area (Å²) in [4.78, 5) is 0. The van der Waals surface area contributed by atoms with E-state index in [4.69, 9.17) is 36.2 Å². The van der Waals surface area contributed by atoms with Gasteiger partial charge in [-0.25, -0.2) is 0 Å². The predicted molar refractivity (Wildman–Crippen MR) is 302 cm³/mol. The summed E-state index contributed by atoms with van der Waals surface area (Å²) in [5.74, 6) is -7.02. The molecule has 0 fully saturated rings. The fourth-order valence-corrected chi connectivity index (χ4v) is 18.0. The Morgan fingerprint density at radius 3 is 0.550 bits per heavy atom. The SMILES string of the molecule is O=P(OCc1ccccc1)(OCc1ccccc1)[C@H](O)[C@@](O)([C@@](O)([C@H](O)P(=O)(OCc1ccccc1)OCc1ccccc1)P(=O)(OCc1ccccc1)OCc1ccccc1)P(=O)(OCc1ccccc1)OCc1ccccc1. The van der Waals surface area contributed by atoms with Crippen LogP contribution in [0.5, 0.6) is 0 Å². The van der Waals surface area contributed by atoms with Crippen molar-refractivity contribution in [1.29, 1.82) is 0 Å². The number of rotatable bonds is 31. The van der Waals surface area contributed by atoms with Gasteiger partial charge in [0.15, 0.2) is 11.7 Å². The minimum absolute atomic E-state index is 0.271. The van der Waals surface area contributed by atoms with E-state index in [2.05, 4.69) is 0 Å². The molecule has 0 amide bonds. The molecule has 0 radical (unpaired) electrons. The van der Waals surface area contributed by atoms with Crippen LogP contribution in [0.3, 0.4) is 0 Å². The Morgan fingerprint density at radius 2 is 0.400 bits per heavy atom. The Bertz CT molecular complexity index is 2910. The van der Waals surface area contributed by atoms with Crippen molar-refractivity contribution in [3.05, 3.63) is 287 Å². The van der Waals surface area contributed by atoms with E-state index in [1.165, 1.54) is 0 Å². The van der Waals surface area contributed by atoms with Gasteiger partial charge >= 0.3 is 30.4 Å². The Labute approximate surface area is 465 Å². The molecule has 8 aromatic rings. The third-order valence-electron chi connectivity index (χ3n) is 12.7. The van der Waals surface area contributed by atoms with Crippen LogP contribution in [-0.2, 0) is 107 Å². The molecule has 0 aromatic heterocycles. The van der Waals surface area contributed by atoms with Crippen LogP contribution in [0.25, 0.3) is 0 Å². The van der Waals surface area contributed by atoms with Crippen molar-refractivity contribution in [2.24, 2.45) is 0 Å². The Balaban J connectivity index is 1.44. The second-order valence-electron chi connectivity index (χ2n) is 18.3. The fourth-order valence-electron chi connectivity index (χ4n) is 8.22. The largest absolute Gasteiger partial charge is 0.377 e. The summed E-state index contributed by atoms with van der Waals surface area (Å²) in [5.41, 5.74) is 2.48. The van der Waals surface area contributed by atoms with Gasteiger partial charge < -0.3 is 56.6 Å². The van der Waals surface area contributed by atoms with Crippen LogP contribution >= 0.6 is 30.4 Å². The van der Waals surface area contributed by atoms with Crippen LogP contribution in [0.1, 0.15) is 44.5 Å². The van der Waals surface area contributed by atoms with Crippen molar-refractivity contribution in [1.82, 2.24) is 0 Å². The minimum atomic E-state index is -6.30. The lowest BCUT2D eigenvalue weighted by molar-refractivity contribution is -0.155. The first-order chi connectivity index (χ1) is 38.7. The first-order valence-corrected chi connectivity index (χ1v) is 31.7. The molecule has 418 valence electrons. The number of aliphatic hydroxyl groups excluding tert-OH is 2. The van der Waals surface area contributed by atoms with E-state index in [-0.39, 0.29) is 22.3 Å². The third-order valence-corrected chi connectivity index (χ3v) is 21.9. The van der Waals surface area contributed by atoms with Crippen molar-refractivity contribution in [2.45, 2.75) is 75.2 Å². The second-order valence-corrected chi connectivity index (χ2v) is 26.9. The Kier molecular flexibility index (Phi) is 21.3. The minimum Gasteiger partial charge on any atom is -0.377 e. The van der Waals surface area contributed by atoms with E-state index in [0.29, 0.717) is 22.3 Å².